The highest BCUT2D eigenvalue weighted by Crippen LogP contribution is 2.16. The molecule has 0 aliphatic heterocycles. The third-order valence-corrected chi connectivity index (χ3v) is 5.07. The van der Waals surface area contributed by atoms with Crippen LogP contribution in [0.3, 0.4) is 0 Å². The molecule has 2 rings (SSSR count). The Morgan fingerprint density at radius 1 is 0.882 bits per heavy atom. The molecular formula is C14H14IO2+. The maximum atomic E-state index is 5.39. The van der Waals surface area contributed by atoms with Crippen molar-refractivity contribution in [2.45, 2.75) is 0 Å². The predicted octanol–water partition coefficient (Wildman–Crippen LogP) is -0.168. The van der Waals surface area contributed by atoms with Crippen LogP contribution in [0.15, 0.2) is 48.5 Å². The van der Waals surface area contributed by atoms with Crippen molar-refractivity contribution < 1.29 is 30.7 Å². The molecule has 0 aromatic heterocycles. The van der Waals surface area contributed by atoms with Crippen molar-refractivity contribution >= 4 is 0 Å². The summed E-state index contributed by atoms with van der Waals surface area (Å²) in [5.41, 5.74) is 0. The summed E-state index contributed by atoms with van der Waals surface area (Å²) in [6.07, 6.45) is 0. The average molecular weight is 341 g/mol. The second kappa shape index (κ2) is 5.91. The summed E-state index contributed by atoms with van der Waals surface area (Å²) in [6, 6.07) is 16.5. The van der Waals surface area contributed by atoms with Gasteiger partial charge in [0.25, 0.3) is 0 Å². The van der Waals surface area contributed by atoms with E-state index in [0.29, 0.717) is 0 Å². The predicted molar refractivity (Wildman–Crippen MR) is 63.4 cm³/mol. The molecule has 3 heteroatoms. The minimum Gasteiger partial charge on any atom is -0.497 e. The van der Waals surface area contributed by atoms with Gasteiger partial charge in [-0.1, -0.05) is 18.2 Å². The summed E-state index contributed by atoms with van der Waals surface area (Å²) >= 11 is -0.227. The Kier molecular flexibility index (Phi) is 4.25. The molecule has 0 atom stereocenters. The molecule has 88 valence electrons. The third-order valence-electron chi connectivity index (χ3n) is 2.30. The molecule has 2 nitrogen and oxygen atoms in total. The van der Waals surface area contributed by atoms with Crippen molar-refractivity contribution in [1.82, 2.24) is 0 Å². The van der Waals surface area contributed by atoms with Gasteiger partial charge in [0, 0.05) is 6.07 Å². The highest BCUT2D eigenvalue weighted by Gasteiger charge is 2.21. The van der Waals surface area contributed by atoms with Gasteiger partial charge < -0.3 is 9.47 Å². The highest BCUT2D eigenvalue weighted by molar-refractivity contribution is 5.30. The maximum Gasteiger partial charge on any atom is 0.362 e. The molecule has 0 fully saturated rings. The van der Waals surface area contributed by atoms with Crippen LogP contribution in [0.2, 0.25) is 0 Å². The Labute approximate surface area is 112 Å². The van der Waals surface area contributed by atoms with E-state index in [1.54, 1.807) is 14.2 Å². The molecule has 2 aromatic rings. The number of hydrogen-bond acceptors (Lipinski definition) is 2. The van der Waals surface area contributed by atoms with Gasteiger partial charge >= 0.3 is 21.2 Å². The van der Waals surface area contributed by atoms with Crippen LogP contribution in [0.5, 0.6) is 11.5 Å². The first-order valence-electron chi connectivity index (χ1n) is 5.25. The zero-order valence-electron chi connectivity index (χ0n) is 9.81. The molecule has 0 amide bonds. The fraction of sp³-hybridized carbons (Fsp3) is 0.143. The van der Waals surface area contributed by atoms with Crippen LogP contribution < -0.4 is 30.7 Å². The largest absolute Gasteiger partial charge is 0.497 e. The molecule has 0 N–H and O–H groups in total. The Hall–Kier alpha value is -1.23. The fourth-order valence-corrected chi connectivity index (χ4v) is 4.02. The van der Waals surface area contributed by atoms with Gasteiger partial charge in [-0.05, 0) is 24.3 Å². The molecular weight excluding hydrogens is 327 g/mol. The van der Waals surface area contributed by atoms with Gasteiger partial charge in [0.15, 0.2) is 9.32 Å². The number of halogens is 1. The number of ether oxygens (including phenoxy) is 2. The van der Waals surface area contributed by atoms with Gasteiger partial charge in [0.1, 0.15) is 5.75 Å². The van der Waals surface area contributed by atoms with E-state index >= 15 is 0 Å². The van der Waals surface area contributed by atoms with Gasteiger partial charge in [-0.3, -0.25) is 0 Å². The van der Waals surface area contributed by atoms with Gasteiger partial charge in [-0.25, -0.2) is 0 Å². The van der Waals surface area contributed by atoms with E-state index in [4.69, 9.17) is 9.47 Å². The second-order valence-electron chi connectivity index (χ2n) is 3.39. The Morgan fingerprint density at radius 3 is 2.29 bits per heavy atom. The lowest BCUT2D eigenvalue weighted by atomic mass is 10.3. The van der Waals surface area contributed by atoms with Crippen LogP contribution in [-0.2, 0) is 0 Å². The molecule has 0 spiro atoms. The van der Waals surface area contributed by atoms with Gasteiger partial charge in [-0.15, -0.1) is 0 Å². The van der Waals surface area contributed by atoms with E-state index in [0.717, 1.165) is 11.5 Å². The smallest absolute Gasteiger partial charge is 0.362 e. The zero-order valence-corrected chi connectivity index (χ0v) is 12.0. The number of rotatable bonds is 4. The molecule has 0 aliphatic rings. The summed E-state index contributed by atoms with van der Waals surface area (Å²) in [5, 5.41) is 0. The normalized spacial score (nSPS) is 10.0. The van der Waals surface area contributed by atoms with Crippen LogP contribution in [-0.4, -0.2) is 14.2 Å². The Bertz CT molecular complexity index is 483. The fourth-order valence-electron chi connectivity index (χ4n) is 1.44. The lowest BCUT2D eigenvalue weighted by Crippen LogP contribution is -3.61. The maximum absolute atomic E-state index is 5.39. The summed E-state index contributed by atoms with van der Waals surface area (Å²) in [7, 11) is 3.40. The SMILES string of the molecule is COc1ccc(OC)c([I+]c2ccccc2)c1. The first-order chi connectivity index (χ1) is 8.33. The van der Waals surface area contributed by atoms with E-state index in [-0.39, 0.29) is 21.2 Å². The summed E-state index contributed by atoms with van der Waals surface area (Å²) in [4.78, 5) is 0. The molecule has 0 heterocycles. The van der Waals surface area contributed by atoms with E-state index in [1.165, 1.54) is 7.14 Å². The molecule has 2 aromatic carbocycles. The molecule has 0 bridgehead atoms. The van der Waals surface area contributed by atoms with E-state index in [1.807, 2.05) is 18.2 Å². The van der Waals surface area contributed by atoms with Crippen LogP contribution in [0, 0.1) is 7.14 Å². The zero-order chi connectivity index (χ0) is 12.1. The first kappa shape index (κ1) is 12.2. The quantitative estimate of drug-likeness (QED) is 0.720. The Balaban J connectivity index is 2.30. The minimum absolute atomic E-state index is 0.227. The van der Waals surface area contributed by atoms with Crippen molar-refractivity contribution in [1.29, 1.82) is 0 Å². The molecule has 0 saturated carbocycles. The van der Waals surface area contributed by atoms with Gasteiger partial charge in [0.2, 0.25) is 3.57 Å². The number of hydrogen-bond donors (Lipinski definition) is 0. The van der Waals surface area contributed by atoms with Crippen LogP contribution >= 0.6 is 0 Å². The standard InChI is InChI=1S/C14H14IO2/c1-16-12-8-9-14(17-2)13(10-12)15-11-6-4-3-5-7-11/h3-10H,1-2H3/q+1. The lowest BCUT2D eigenvalue weighted by Gasteiger charge is -2.02. The lowest BCUT2D eigenvalue weighted by molar-refractivity contribution is -0.598. The Morgan fingerprint density at radius 2 is 1.65 bits per heavy atom. The highest BCUT2D eigenvalue weighted by atomic mass is 127. The minimum atomic E-state index is -0.227. The van der Waals surface area contributed by atoms with Crippen LogP contribution in [0.1, 0.15) is 0 Å². The van der Waals surface area contributed by atoms with Gasteiger partial charge in [-0.2, -0.15) is 0 Å². The second-order valence-corrected chi connectivity index (χ2v) is 6.34. The number of benzene rings is 2. The van der Waals surface area contributed by atoms with Crippen molar-refractivity contribution in [3.05, 3.63) is 55.7 Å². The molecule has 0 aliphatic carbocycles. The molecule has 17 heavy (non-hydrogen) atoms. The molecule has 0 radical (unpaired) electrons. The van der Waals surface area contributed by atoms with Crippen molar-refractivity contribution in [2.24, 2.45) is 0 Å². The van der Waals surface area contributed by atoms with E-state index in [2.05, 4.69) is 30.3 Å². The summed E-state index contributed by atoms with van der Waals surface area (Å²) in [5.74, 6) is 1.83. The van der Waals surface area contributed by atoms with Crippen molar-refractivity contribution in [3.63, 3.8) is 0 Å². The summed E-state index contributed by atoms with van der Waals surface area (Å²) in [6.45, 7) is 0. The van der Waals surface area contributed by atoms with E-state index < -0.39 is 0 Å². The van der Waals surface area contributed by atoms with Crippen LogP contribution in [0.25, 0.3) is 0 Å². The monoisotopic (exact) mass is 341 g/mol. The van der Waals surface area contributed by atoms with Gasteiger partial charge in [0.05, 0.1) is 14.2 Å². The van der Waals surface area contributed by atoms with Crippen LogP contribution in [0.4, 0.5) is 0 Å². The van der Waals surface area contributed by atoms with Crippen molar-refractivity contribution in [3.8, 4) is 11.5 Å². The average Bonchev–Trinajstić information content (AvgIpc) is 2.40. The molecule has 0 saturated heterocycles. The van der Waals surface area contributed by atoms with Crippen molar-refractivity contribution in [2.75, 3.05) is 14.2 Å². The van der Waals surface area contributed by atoms with E-state index in [9.17, 15) is 0 Å². The molecule has 0 unspecified atom stereocenters. The third kappa shape index (κ3) is 3.12. The topological polar surface area (TPSA) is 18.5 Å². The summed E-state index contributed by atoms with van der Waals surface area (Å²) < 4.78 is 13.3. The first-order valence-corrected chi connectivity index (χ1v) is 7.41. The number of methoxy groups -OCH3 is 2.